The molecule has 1 fully saturated rings. The maximum absolute atomic E-state index is 11.0. The number of primary amides is 1. The number of anilines is 3. The van der Waals surface area contributed by atoms with Gasteiger partial charge < -0.3 is 20.8 Å². The first-order valence-electron chi connectivity index (χ1n) is 8.84. The minimum Gasteiger partial charge on any atom is -0.444 e. The summed E-state index contributed by atoms with van der Waals surface area (Å²) in [6, 6.07) is 7.73. The first-order valence-corrected chi connectivity index (χ1v) is 8.84. The van der Waals surface area contributed by atoms with Gasteiger partial charge in [-0.2, -0.15) is 4.98 Å². The topological polar surface area (TPSA) is 119 Å². The summed E-state index contributed by atoms with van der Waals surface area (Å²) in [5.74, 6) is 2.13. The van der Waals surface area contributed by atoms with Crippen molar-refractivity contribution in [1.29, 1.82) is 0 Å². The summed E-state index contributed by atoms with van der Waals surface area (Å²) >= 11 is 0. The van der Waals surface area contributed by atoms with Gasteiger partial charge in [0.25, 0.3) is 0 Å². The predicted octanol–water partition coefficient (Wildman–Crippen LogP) is 3.04. The average Bonchev–Trinajstić information content (AvgIpc) is 3.36. The van der Waals surface area contributed by atoms with Crippen molar-refractivity contribution in [2.24, 2.45) is 5.73 Å². The van der Waals surface area contributed by atoms with E-state index in [-0.39, 0.29) is 12.3 Å². The van der Waals surface area contributed by atoms with Crippen LogP contribution in [0.15, 0.2) is 47.5 Å². The molecule has 2 aromatic heterocycles. The Hall–Kier alpha value is -3.42. The van der Waals surface area contributed by atoms with E-state index in [1.165, 1.54) is 6.39 Å². The molecule has 138 valence electrons. The van der Waals surface area contributed by atoms with Gasteiger partial charge in [-0.3, -0.25) is 4.79 Å². The van der Waals surface area contributed by atoms with Gasteiger partial charge in [0, 0.05) is 36.0 Å². The fraction of sp³-hybridized carbons (Fsp3) is 0.263. The lowest BCUT2D eigenvalue weighted by Gasteiger charge is -2.12. The first-order chi connectivity index (χ1) is 13.2. The minimum absolute atomic E-state index is 0.264. The molecule has 3 aromatic rings. The summed E-state index contributed by atoms with van der Waals surface area (Å²) in [5, 5.41) is 6.41. The Balaban J connectivity index is 1.48. The van der Waals surface area contributed by atoms with E-state index in [1.807, 2.05) is 30.5 Å². The van der Waals surface area contributed by atoms with E-state index in [4.69, 9.17) is 10.2 Å². The van der Waals surface area contributed by atoms with Crippen molar-refractivity contribution in [2.45, 2.75) is 25.2 Å². The van der Waals surface area contributed by atoms with Crippen LogP contribution >= 0.6 is 0 Å². The predicted molar refractivity (Wildman–Crippen MR) is 102 cm³/mol. The van der Waals surface area contributed by atoms with Crippen LogP contribution in [-0.4, -0.2) is 27.4 Å². The lowest BCUT2D eigenvalue weighted by molar-refractivity contribution is -0.117. The third kappa shape index (κ3) is 4.22. The van der Waals surface area contributed by atoms with Gasteiger partial charge in [-0.05, 0) is 43.0 Å². The molecule has 1 aliphatic rings. The number of carbonyl (C=O) groups excluding carboxylic acids is 1. The second-order valence-electron chi connectivity index (χ2n) is 6.48. The molecule has 0 spiro atoms. The number of hydrogen-bond donors (Lipinski definition) is 3. The Morgan fingerprint density at radius 3 is 2.70 bits per heavy atom. The molecule has 27 heavy (non-hydrogen) atoms. The Morgan fingerprint density at radius 1 is 1.22 bits per heavy atom. The lowest BCUT2D eigenvalue weighted by atomic mass is 10.2. The highest BCUT2D eigenvalue weighted by Gasteiger charge is 2.27. The van der Waals surface area contributed by atoms with Crippen molar-refractivity contribution in [3.63, 3.8) is 0 Å². The highest BCUT2D eigenvalue weighted by atomic mass is 16.3. The fourth-order valence-electron chi connectivity index (χ4n) is 2.80. The average molecular weight is 364 g/mol. The quantitative estimate of drug-likeness (QED) is 0.562. The maximum atomic E-state index is 11.0. The van der Waals surface area contributed by atoms with Gasteiger partial charge in [0.2, 0.25) is 11.9 Å². The third-order valence-corrected chi connectivity index (χ3v) is 4.36. The van der Waals surface area contributed by atoms with Crippen LogP contribution in [0.1, 0.15) is 30.7 Å². The first kappa shape index (κ1) is 17.0. The smallest absolute Gasteiger partial charge is 0.229 e. The van der Waals surface area contributed by atoms with E-state index in [2.05, 4.69) is 25.6 Å². The summed E-state index contributed by atoms with van der Waals surface area (Å²) in [6.45, 7) is 0.456. The molecule has 4 N–H and O–H groups in total. The van der Waals surface area contributed by atoms with Crippen LogP contribution in [-0.2, 0) is 4.79 Å². The summed E-state index contributed by atoms with van der Waals surface area (Å²) in [4.78, 5) is 23.9. The van der Waals surface area contributed by atoms with Crippen molar-refractivity contribution in [2.75, 3.05) is 17.2 Å². The molecule has 8 heteroatoms. The van der Waals surface area contributed by atoms with E-state index in [0.29, 0.717) is 24.2 Å². The minimum atomic E-state index is -0.338. The van der Waals surface area contributed by atoms with Gasteiger partial charge in [-0.25, -0.2) is 9.97 Å². The van der Waals surface area contributed by atoms with E-state index in [9.17, 15) is 4.79 Å². The van der Waals surface area contributed by atoms with Crippen molar-refractivity contribution < 1.29 is 9.21 Å². The van der Waals surface area contributed by atoms with E-state index in [1.54, 1.807) is 6.20 Å². The number of oxazole rings is 1. The van der Waals surface area contributed by atoms with Crippen molar-refractivity contribution >= 4 is 23.4 Å². The summed E-state index contributed by atoms with van der Waals surface area (Å²) in [5.41, 5.74) is 8.10. The molecule has 0 bridgehead atoms. The van der Waals surface area contributed by atoms with Crippen LogP contribution in [0, 0.1) is 0 Å². The molecule has 0 radical (unpaired) electrons. The molecular formula is C19H20N6O2. The zero-order valence-corrected chi connectivity index (χ0v) is 14.7. The van der Waals surface area contributed by atoms with Crippen LogP contribution in [0.4, 0.5) is 17.5 Å². The van der Waals surface area contributed by atoms with E-state index >= 15 is 0 Å². The molecule has 1 aliphatic carbocycles. The Morgan fingerprint density at radius 2 is 2.04 bits per heavy atom. The van der Waals surface area contributed by atoms with Crippen molar-refractivity contribution in [3.05, 3.63) is 48.6 Å². The molecule has 0 saturated heterocycles. The van der Waals surface area contributed by atoms with Gasteiger partial charge in [0.05, 0.1) is 6.20 Å². The lowest BCUT2D eigenvalue weighted by Crippen LogP contribution is -2.17. The third-order valence-electron chi connectivity index (χ3n) is 4.36. The largest absolute Gasteiger partial charge is 0.444 e. The molecule has 1 amide bonds. The van der Waals surface area contributed by atoms with Crippen LogP contribution in [0.25, 0.3) is 11.3 Å². The second kappa shape index (κ2) is 7.45. The number of nitrogens with zero attached hydrogens (tertiary/aromatic N) is 3. The standard InChI is InChI=1S/C19H20N6O2/c20-17(26)7-8-22-18-15(12-1-2-12)9-23-19(25-18)24-14-5-3-13(4-6-14)16-10-21-11-27-16/h3-6,9-12H,1-2,7-8H2,(H2,20,26)(H2,22,23,24,25). The number of benzene rings is 1. The molecule has 0 aliphatic heterocycles. The van der Waals surface area contributed by atoms with E-state index < -0.39 is 0 Å². The SMILES string of the molecule is NC(=O)CCNc1nc(Nc2ccc(-c3cnco3)cc2)ncc1C1CC1. The number of aromatic nitrogens is 3. The van der Waals surface area contributed by atoms with Crippen LogP contribution in [0.3, 0.4) is 0 Å². The van der Waals surface area contributed by atoms with Gasteiger partial charge in [0.15, 0.2) is 12.2 Å². The van der Waals surface area contributed by atoms with Crippen LogP contribution in [0.5, 0.6) is 0 Å². The van der Waals surface area contributed by atoms with Gasteiger partial charge in [-0.1, -0.05) is 0 Å². The molecule has 1 aromatic carbocycles. The number of amides is 1. The van der Waals surface area contributed by atoms with Gasteiger partial charge >= 0.3 is 0 Å². The zero-order valence-electron chi connectivity index (χ0n) is 14.7. The normalized spacial score (nSPS) is 13.3. The Kier molecular flexibility index (Phi) is 4.69. The molecule has 1 saturated carbocycles. The molecule has 2 heterocycles. The highest BCUT2D eigenvalue weighted by molar-refractivity contribution is 5.74. The fourth-order valence-corrected chi connectivity index (χ4v) is 2.80. The molecule has 0 unspecified atom stereocenters. The maximum Gasteiger partial charge on any atom is 0.229 e. The number of carbonyl (C=O) groups is 1. The van der Waals surface area contributed by atoms with Crippen LogP contribution in [0.2, 0.25) is 0 Å². The number of nitrogens with one attached hydrogen (secondary N) is 2. The number of hydrogen-bond acceptors (Lipinski definition) is 7. The van der Waals surface area contributed by atoms with Gasteiger partial charge in [0.1, 0.15) is 5.82 Å². The molecule has 8 nitrogen and oxygen atoms in total. The Labute approximate surface area is 156 Å². The van der Waals surface area contributed by atoms with Crippen molar-refractivity contribution in [3.8, 4) is 11.3 Å². The summed E-state index contributed by atoms with van der Waals surface area (Å²) in [7, 11) is 0. The zero-order chi connectivity index (χ0) is 18.6. The van der Waals surface area contributed by atoms with Crippen LogP contribution < -0.4 is 16.4 Å². The number of rotatable bonds is 8. The molecule has 4 rings (SSSR count). The summed E-state index contributed by atoms with van der Waals surface area (Å²) in [6.07, 6.45) is 7.48. The van der Waals surface area contributed by atoms with Crippen molar-refractivity contribution in [1.82, 2.24) is 15.0 Å². The number of nitrogens with two attached hydrogens (primary N) is 1. The van der Waals surface area contributed by atoms with Gasteiger partial charge in [-0.15, -0.1) is 0 Å². The highest BCUT2D eigenvalue weighted by Crippen LogP contribution is 2.42. The molecule has 0 atom stereocenters. The molecular weight excluding hydrogens is 344 g/mol. The monoisotopic (exact) mass is 364 g/mol. The summed E-state index contributed by atoms with van der Waals surface area (Å²) < 4.78 is 5.29. The second-order valence-corrected chi connectivity index (χ2v) is 6.48. The van der Waals surface area contributed by atoms with E-state index in [0.717, 1.165) is 35.5 Å². The Bertz CT molecular complexity index is 920.